The van der Waals surface area contributed by atoms with Crippen molar-refractivity contribution in [2.45, 2.75) is 26.2 Å². The summed E-state index contributed by atoms with van der Waals surface area (Å²) in [6.07, 6.45) is 0.365. The van der Waals surface area contributed by atoms with Gasteiger partial charge in [0.2, 0.25) is 5.13 Å². The normalized spacial score (nSPS) is 10.6. The van der Waals surface area contributed by atoms with Gasteiger partial charge in [-0.05, 0) is 0 Å². The Hall–Kier alpha value is -1.17. The smallest absolute Gasteiger partial charge is 0.307 e. The molecular weight excluding hydrogens is 226 g/mol. The molecule has 0 aliphatic carbocycles. The second-order valence-corrected chi connectivity index (χ2v) is 4.57. The number of nitrogens with zero attached hydrogens (tertiary/aromatic N) is 3. The summed E-state index contributed by atoms with van der Waals surface area (Å²) in [5.41, 5.74) is 0. The molecular formula is C10H17N3O2S. The Morgan fingerprint density at radius 2 is 2.25 bits per heavy atom. The Balaban J connectivity index is 2.52. The van der Waals surface area contributed by atoms with Crippen LogP contribution in [0.1, 0.15) is 32.0 Å². The third-order valence-corrected chi connectivity index (χ3v) is 3.00. The van der Waals surface area contributed by atoms with Crippen molar-refractivity contribution < 1.29 is 9.53 Å². The maximum Gasteiger partial charge on any atom is 0.307 e. The highest BCUT2D eigenvalue weighted by atomic mass is 32.1. The van der Waals surface area contributed by atoms with Gasteiger partial charge in [0.25, 0.3) is 0 Å². The van der Waals surface area contributed by atoms with E-state index in [2.05, 4.69) is 27.9 Å². The van der Waals surface area contributed by atoms with E-state index in [0.29, 0.717) is 18.9 Å². The van der Waals surface area contributed by atoms with Gasteiger partial charge in [0.15, 0.2) is 0 Å². The van der Waals surface area contributed by atoms with Crippen molar-refractivity contribution in [3.63, 3.8) is 0 Å². The molecule has 0 N–H and O–H groups in total. The minimum absolute atomic E-state index is 0.208. The van der Waals surface area contributed by atoms with Crippen LogP contribution in [0.4, 0.5) is 5.13 Å². The number of carbonyl (C=O) groups excluding carboxylic acids is 1. The van der Waals surface area contributed by atoms with Crippen molar-refractivity contribution in [3.05, 3.63) is 5.82 Å². The second kappa shape index (κ2) is 5.79. The lowest BCUT2D eigenvalue weighted by Crippen LogP contribution is -2.21. The highest BCUT2D eigenvalue weighted by Crippen LogP contribution is 2.20. The quantitative estimate of drug-likeness (QED) is 0.736. The first-order chi connectivity index (χ1) is 7.54. The van der Waals surface area contributed by atoms with Crippen LogP contribution in [0, 0.1) is 0 Å². The fourth-order valence-corrected chi connectivity index (χ4v) is 1.86. The standard InChI is InChI=1S/C10H17N3O2S/c1-7(2)9-11-10(16-12-9)13(3)6-5-8(14)15-4/h7H,5-6H2,1-4H3. The summed E-state index contributed by atoms with van der Waals surface area (Å²) in [5.74, 6) is 0.976. The number of esters is 1. The van der Waals surface area contributed by atoms with Crippen LogP contribution in [-0.2, 0) is 9.53 Å². The summed E-state index contributed by atoms with van der Waals surface area (Å²) < 4.78 is 8.84. The molecule has 1 aromatic heterocycles. The molecule has 0 spiro atoms. The zero-order valence-electron chi connectivity index (χ0n) is 10.1. The van der Waals surface area contributed by atoms with E-state index in [9.17, 15) is 4.79 Å². The van der Waals surface area contributed by atoms with Crippen molar-refractivity contribution >= 4 is 22.6 Å². The summed E-state index contributed by atoms with van der Waals surface area (Å²) in [4.78, 5) is 17.3. The van der Waals surface area contributed by atoms with Crippen LogP contribution in [0.3, 0.4) is 0 Å². The van der Waals surface area contributed by atoms with Crippen LogP contribution >= 0.6 is 11.5 Å². The molecule has 0 aromatic carbocycles. The largest absolute Gasteiger partial charge is 0.469 e. The van der Waals surface area contributed by atoms with Crippen LogP contribution in [0.5, 0.6) is 0 Å². The van der Waals surface area contributed by atoms with Gasteiger partial charge in [-0.3, -0.25) is 4.79 Å². The molecule has 0 amide bonds. The lowest BCUT2D eigenvalue weighted by Gasteiger charge is -2.13. The van der Waals surface area contributed by atoms with Crippen LogP contribution in [0.2, 0.25) is 0 Å². The highest BCUT2D eigenvalue weighted by Gasteiger charge is 2.12. The summed E-state index contributed by atoms with van der Waals surface area (Å²) in [5, 5.41) is 0.840. The Labute approximate surface area is 99.6 Å². The lowest BCUT2D eigenvalue weighted by molar-refractivity contribution is -0.140. The highest BCUT2D eigenvalue weighted by molar-refractivity contribution is 7.09. The molecule has 0 saturated carbocycles. The Morgan fingerprint density at radius 3 is 2.75 bits per heavy atom. The molecule has 5 nitrogen and oxygen atoms in total. The fraction of sp³-hybridized carbons (Fsp3) is 0.700. The zero-order valence-corrected chi connectivity index (χ0v) is 10.9. The summed E-state index contributed by atoms with van der Waals surface area (Å²) >= 11 is 1.36. The van der Waals surface area contributed by atoms with E-state index < -0.39 is 0 Å². The third-order valence-electron chi connectivity index (χ3n) is 2.15. The third kappa shape index (κ3) is 3.44. The molecule has 0 unspecified atom stereocenters. The second-order valence-electron chi connectivity index (χ2n) is 3.84. The molecule has 0 aliphatic rings. The zero-order chi connectivity index (χ0) is 12.1. The number of anilines is 1. The van der Waals surface area contributed by atoms with Gasteiger partial charge in [0.05, 0.1) is 13.5 Å². The first-order valence-corrected chi connectivity index (χ1v) is 5.93. The number of rotatable bonds is 5. The molecule has 1 aromatic rings. The van der Waals surface area contributed by atoms with E-state index in [4.69, 9.17) is 0 Å². The van der Waals surface area contributed by atoms with E-state index in [1.54, 1.807) is 0 Å². The molecule has 6 heteroatoms. The molecule has 1 heterocycles. The molecule has 1 rings (SSSR count). The van der Waals surface area contributed by atoms with Crippen molar-refractivity contribution in [3.8, 4) is 0 Å². The van der Waals surface area contributed by atoms with Crippen molar-refractivity contribution in [1.82, 2.24) is 9.36 Å². The van der Waals surface area contributed by atoms with E-state index >= 15 is 0 Å². The summed E-state index contributed by atoms with van der Waals surface area (Å²) in [7, 11) is 3.29. The van der Waals surface area contributed by atoms with E-state index in [1.807, 2.05) is 11.9 Å². The van der Waals surface area contributed by atoms with Gasteiger partial charge in [-0.15, -0.1) is 0 Å². The van der Waals surface area contributed by atoms with E-state index in [-0.39, 0.29) is 5.97 Å². The average Bonchev–Trinajstić information content (AvgIpc) is 2.74. The minimum atomic E-state index is -0.208. The lowest BCUT2D eigenvalue weighted by atomic mass is 10.2. The molecule has 0 fully saturated rings. The monoisotopic (exact) mass is 243 g/mol. The van der Waals surface area contributed by atoms with Gasteiger partial charge in [-0.1, -0.05) is 13.8 Å². The van der Waals surface area contributed by atoms with Crippen LogP contribution in [0.15, 0.2) is 0 Å². The number of ether oxygens (including phenoxy) is 1. The number of carbonyl (C=O) groups is 1. The molecule has 0 aliphatic heterocycles. The molecule has 0 atom stereocenters. The summed E-state index contributed by atoms with van der Waals surface area (Å²) in [6, 6.07) is 0. The van der Waals surface area contributed by atoms with Crippen LogP contribution < -0.4 is 4.90 Å². The van der Waals surface area contributed by atoms with Crippen molar-refractivity contribution in [2.24, 2.45) is 0 Å². The molecule has 0 bridgehead atoms. The molecule has 0 radical (unpaired) electrons. The molecule has 16 heavy (non-hydrogen) atoms. The van der Waals surface area contributed by atoms with Gasteiger partial charge in [0.1, 0.15) is 5.82 Å². The van der Waals surface area contributed by atoms with Gasteiger partial charge in [-0.25, -0.2) is 4.98 Å². The topological polar surface area (TPSA) is 55.3 Å². The number of aromatic nitrogens is 2. The first-order valence-electron chi connectivity index (χ1n) is 5.16. The van der Waals surface area contributed by atoms with Crippen molar-refractivity contribution in [1.29, 1.82) is 0 Å². The Bertz CT molecular complexity index is 352. The van der Waals surface area contributed by atoms with Crippen LogP contribution in [-0.4, -0.2) is 36.0 Å². The van der Waals surface area contributed by atoms with E-state index in [1.165, 1.54) is 18.6 Å². The fourth-order valence-electron chi connectivity index (χ4n) is 1.07. The molecule has 0 saturated heterocycles. The predicted octanol–water partition coefficient (Wildman–Crippen LogP) is 1.66. The average molecular weight is 243 g/mol. The molecule has 90 valence electrons. The maximum absolute atomic E-state index is 11.0. The minimum Gasteiger partial charge on any atom is -0.469 e. The van der Waals surface area contributed by atoms with Gasteiger partial charge < -0.3 is 9.64 Å². The number of methoxy groups -OCH3 is 1. The van der Waals surface area contributed by atoms with Crippen LogP contribution in [0.25, 0.3) is 0 Å². The van der Waals surface area contributed by atoms with Gasteiger partial charge >= 0.3 is 5.97 Å². The van der Waals surface area contributed by atoms with Gasteiger partial charge in [-0.2, -0.15) is 4.37 Å². The van der Waals surface area contributed by atoms with Gasteiger partial charge in [0, 0.05) is 31.0 Å². The Morgan fingerprint density at radius 1 is 1.56 bits per heavy atom. The summed E-state index contributed by atoms with van der Waals surface area (Å²) in [6.45, 7) is 4.71. The SMILES string of the molecule is COC(=O)CCN(C)c1nc(C(C)C)ns1. The van der Waals surface area contributed by atoms with Crippen molar-refractivity contribution in [2.75, 3.05) is 25.6 Å². The number of hydrogen-bond acceptors (Lipinski definition) is 6. The first kappa shape index (κ1) is 12.9. The predicted molar refractivity (Wildman–Crippen MR) is 63.9 cm³/mol. The number of hydrogen-bond donors (Lipinski definition) is 0. The maximum atomic E-state index is 11.0. The van der Waals surface area contributed by atoms with E-state index in [0.717, 1.165) is 11.0 Å². The Kier molecular flexibility index (Phi) is 4.67.